The van der Waals surface area contributed by atoms with Crippen molar-refractivity contribution in [2.24, 2.45) is 0 Å². The first kappa shape index (κ1) is 15.5. The highest BCUT2D eigenvalue weighted by Gasteiger charge is 2.11. The number of hydrogen-bond acceptors (Lipinski definition) is 1. The average molecular weight is 424 g/mol. The van der Waals surface area contributed by atoms with Crippen molar-refractivity contribution < 1.29 is 9.18 Å². The summed E-state index contributed by atoms with van der Waals surface area (Å²) in [5.74, 6) is -0.646. The second-order valence-electron chi connectivity index (χ2n) is 4.04. The van der Waals surface area contributed by atoms with Crippen LogP contribution in [0.25, 0.3) is 0 Å². The quantitative estimate of drug-likeness (QED) is 0.714. The molecule has 0 aliphatic carbocycles. The van der Waals surface area contributed by atoms with Crippen LogP contribution in [-0.4, -0.2) is 5.91 Å². The molecule has 0 aromatic heterocycles. The highest BCUT2D eigenvalue weighted by atomic mass is 127. The van der Waals surface area contributed by atoms with E-state index in [1.807, 2.05) is 22.6 Å². The van der Waals surface area contributed by atoms with Gasteiger partial charge in [0.15, 0.2) is 0 Å². The molecule has 0 fully saturated rings. The maximum Gasteiger partial charge on any atom is 0.252 e. The summed E-state index contributed by atoms with van der Waals surface area (Å²) in [7, 11) is 0. The molecule has 0 heterocycles. The maximum absolute atomic E-state index is 13.0. The van der Waals surface area contributed by atoms with Gasteiger partial charge in [-0.25, -0.2) is 4.39 Å². The number of amides is 1. The van der Waals surface area contributed by atoms with Crippen LogP contribution in [-0.2, 0) is 6.54 Å². The van der Waals surface area contributed by atoms with Crippen molar-refractivity contribution in [1.29, 1.82) is 0 Å². The first-order valence-electron chi connectivity index (χ1n) is 5.64. The Labute approximate surface area is 139 Å². The average Bonchev–Trinajstić information content (AvgIpc) is 2.37. The van der Waals surface area contributed by atoms with Gasteiger partial charge in [0.05, 0.1) is 5.56 Å². The number of carbonyl (C=O) groups is 1. The molecule has 0 bridgehead atoms. The second-order valence-corrected chi connectivity index (χ2v) is 6.05. The highest BCUT2D eigenvalue weighted by molar-refractivity contribution is 14.1. The SMILES string of the molecule is O=C(NCc1ccc(Cl)cc1Cl)c1ccc(F)cc1I. The Balaban J connectivity index is 2.08. The van der Waals surface area contributed by atoms with Crippen molar-refractivity contribution >= 4 is 51.7 Å². The molecule has 1 N–H and O–H groups in total. The van der Waals surface area contributed by atoms with Crippen molar-refractivity contribution in [2.45, 2.75) is 6.54 Å². The van der Waals surface area contributed by atoms with Gasteiger partial charge in [-0.1, -0.05) is 29.3 Å². The summed E-state index contributed by atoms with van der Waals surface area (Å²) in [5, 5.41) is 3.77. The Kier molecular flexibility index (Phi) is 5.23. The van der Waals surface area contributed by atoms with Gasteiger partial charge in [-0.2, -0.15) is 0 Å². The summed E-state index contributed by atoms with van der Waals surface area (Å²) in [6.07, 6.45) is 0. The molecule has 0 aliphatic heterocycles. The molecule has 1 amide bonds. The van der Waals surface area contributed by atoms with E-state index in [0.717, 1.165) is 5.56 Å². The van der Waals surface area contributed by atoms with Crippen LogP contribution >= 0.6 is 45.8 Å². The summed E-state index contributed by atoms with van der Waals surface area (Å²) in [6, 6.07) is 9.09. The van der Waals surface area contributed by atoms with Crippen LogP contribution in [0.1, 0.15) is 15.9 Å². The first-order chi connectivity index (χ1) is 9.47. The van der Waals surface area contributed by atoms with Gasteiger partial charge in [-0.15, -0.1) is 0 Å². The molecule has 0 saturated carbocycles. The predicted octanol–water partition coefficient (Wildman–Crippen LogP) is 4.67. The molecule has 20 heavy (non-hydrogen) atoms. The Morgan fingerprint density at radius 2 is 1.95 bits per heavy atom. The number of rotatable bonds is 3. The summed E-state index contributed by atoms with van der Waals surface area (Å²) in [6.45, 7) is 0.280. The molecule has 0 radical (unpaired) electrons. The second kappa shape index (κ2) is 6.74. The van der Waals surface area contributed by atoms with Crippen LogP contribution in [0.3, 0.4) is 0 Å². The van der Waals surface area contributed by atoms with Gasteiger partial charge in [0.25, 0.3) is 5.91 Å². The molecule has 0 saturated heterocycles. The standard InChI is InChI=1S/C14H9Cl2FINO/c15-9-2-1-8(12(16)5-9)7-19-14(20)11-4-3-10(17)6-13(11)18/h1-6H,7H2,(H,19,20). The fourth-order valence-corrected chi connectivity index (χ4v) is 2.81. The van der Waals surface area contributed by atoms with Crippen LogP contribution in [0.2, 0.25) is 10.0 Å². The molecule has 2 nitrogen and oxygen atoms in total. The molecule has 0 atom stereocenters. The van der Waals surface area contributed by atoms with Crippen molar-refractivity contribution in [3.8, 4) is 0 Å². The largest absolute Gasteiger partial charge is 0.348 e. The molecule has 2 rings (SSSR count). The fourth-order valence-electron chi connectivity index (χ4n) is 1.61. The van der Waals surface area contributed by atoms with E-state index in [-0.39, 0.29) is 18.3 Å². The highest BCUT2D eigenvalue weighted by Crippen LogP contribution is 2.21. The molecule has 6 heteroatoms. The van der Waals surface area contributed by atoms with Gasteiger partial charge >= 0.3 is 0 Å². The zero-order valence-electron chi connectivity index (χ0n) is 10.1. The van der Waals surface area contributed by atoms with E-state index in [0.29, 0.717) is 19.2 Å². The van der Waals surface area contributed by atoms with E-state index in [2.05, 4.69) is 5.32 Å². The van der Waals surface area contributed by atoms with Crippen molar-refractivity contribution in [2.75, 3.05) is 0 Å². The zero-order chi connectivity index (χ0) is 14.7. The van der Waals surface area contributed by atoms with Gasteiger partial charge in [0, 0.05) is 20.2 Å². The lowest BCUT2D eigenvalue weighted by atomic mass is 10.2. The lowest BCUT2D eigenvalue weighted by Crippen LogP contribution is -2.23. The van der Waals surface area contributed by atoms with Gasteiger partial charge in [-0.05, 0) is 58.5 Å². The van der Waals surface area contributed by atoms with Crippen LogP contribution in [0.5, 0.6) is 0 Å². The summed E-state index contributed by atoms with van der Waals surface area (Å²) < 4.78 is 13.5. The van der Waals surface area contributed by atoms with Crippen molar-refractivity contribution in [1.82, 2.24) is 5.32 Å². The fraction of sp³-hybridized carbons (Fsp3) is 0.0714. The van der Waals surface area contributed by atoms with Crippen molar-refractivity contribution in [3.63, 3.8) is 0 Å². The van der Waals surface area contributed by atoms with Crippen LogP contribution < -0.4 is 5.32 Å². The van der Waals surface area contributed by atoms with Gasteiger partial charge in [-0.3, -0.25) is 4.79 Å². The molecule has 0 spiro atoms. The normalized spacial score (nSPS) is 10.4. The van der Waals surface area contributed by atoms with E-state index in [1.54, 1.807) is 18.2 Å². The minimum atomic E-state index is -0.369. The van der Waals surface area contributed by atoms with Gasteiger partial charge < -0.3 is 5.32 Å². The number of nitrogens with one attached hydrogen (secondary N) is 1. The number of hydrogen-bond donors (Lipinski definition) is 1. The minimum absolute atomic E-state index is 0.277. The molecule has 0 aliphatic rings. The molecule has 104 valence electrons. The predicted molar refractivity (Wildman–Crippen MR) is 86.7 cm³/mol. The number of benzene rings is 2. The Hall–Kier alpha value is -0.850. The Morgan fingerprint density at radius 3 is 2.60 bits per heavy atom. The molecule has 2 aromatic carbocycles. The topological polar surface area (TPSA) is 29.1 Å². The lowest BCUT2D eigenvalue weighted by molar-refractivity contribution is 0.0950. The lowest BCUT2D eigenvalue weighted by Gasteiger charge is -2.08. The van der Waals surface area contributed by atoms with Crippen LogP contribution in [0.15, 0.2) is 36.4 Å². The van der Waals surface area contributed by atoms with E-state index in [9.17, 15) is 9.18 Å². The first-order valence-corrected chi connectivity index (χ1v) is 7.48. The molecule has 2 aromatic rings. The third-order valence-corrected chi connectivity index (χ3v) is 4.11. The third kappa shape index (κ3) is 3.84. The molecular formula is C14H9Cl2FINO. The number of halogens is 4. The van der Waals surface area contributed by atoms with Crippen molar-refractivity contribution in [3.05, 3.63) is 67.0 Å². The van der Waals surface area contributed by atoms with E-state index >= 15 is 0 Å². The molecule has 0 unspecified atom stereocenters. The molecular weight excluding hydrogens is 415 g/mol. The van der Waals surface area contributed by atoms with Gasteiger partial charge in [0.2, 0.25) is 0 Å². The maximum atomic E-state index is 13.0. The summed E-state index contributed by atoms with van der Waals surface area (Å²) in [4.78, 5) is 12.0. The number of carbonyl (C=O) groups excluding carboxylic acids is 1. The van der Waals surface area contributed by atoms with E-state index in [1.165, 1.54) is 18.2 Å². The van der Waals surface area contributed by atoms with Gasteiger partial charge in [0.1, 0.15) is 5.82 Å². The third-order valence-electron chi connectivity index (χ3n) is 2.63. The minimum Gasteiger partial charge on any atom is -0.348 e. The van der Waals surface area contributed by atoms with E-state index in [4.69, 9.17) is 23.2 Å². The Bertz CT molecular complexity index is 664. The van der Waals surface area contributed by atoms with Crippen LogP contribution in [0.4, 0.5) is 4.39 Å². The summed E-state index contributed by atoms with van der Waals surface area (Å²) >= 11 is 13.7. The monoisotopic (exact) mass is 423 g/mol. The van der Waals surface area contributed by atoms with E-state index < -0.39 is 0 Å². The smallest absolute Gasteiger partial charge is 0.252 e. The summed E-state index contributed by atoms with van der Waals surface area (Å²) in [5.41, 5.74) is 1.19. The van der Waals surface area contributed by atoms with Crippen LogP contribution in [0, 0.1) is 9.39 Å². The Morgan fingerprint density at radius 1 is 1.20 bits per heavy atom. The zero-order valence-corrected chi connectivity index (χ0v) is 13.8.